The van der Waals surface area contributed by atoms with E-state index >= 15 is 0 Å². The number of amides is 3. The van der Waals surface area contributed by atoms with Crippen LogP contribution in [0.4, 0.5) is 14.9 Å². The normalized spacial score (nSPS) is 15.4. The predicted octanol–water partition coefficient (Wildman–Crippen LogP) is 4.73. The number of aromatic hydroxyl groups is 1. The van der Waals surface area contributed by atoms with Crippen molar-refractivity contribution in [3.8, 4) is 5.75 Å². The summed E-state index contributed by atoms with van der Waals surface area (Å²) in [5.74, 6) is -1.90. The molecule has 10 heteroatoms. The summed E-state index contributed by atoms with van der Waals surface area (Å²) in [5.41, 5.74) is 0.549. The van der Waals surface area contributed by atoms with E-state index in [2.05, 4.69) is 37.2 Å². The number of imide groups is 1. The van der Waals surface area contributed by atoms with Crippen molar-refractivity contribution in [2.45, 2.75) is 0 Å². The van der Waals surface area contributed by atoms with Crippen molar-refractivity contribution < 1.29 is 23.9 Å². The van der Waals surface area contributed by atoms with Crippen LogP contribution in [0.25, 0.3) is 6.08 Å². The Morgan fingerprint density at radius 1 is 1.25 bits per heavy atom. The van der Waals surface area contributed by atoms with Crippen molar-refractivity contribution in [2.75, 3.05) is 11.9 Å². The Hall–Kier alpha value is -2.17. The van der Waals surface area contributed by atoms with Gasteiger partial charge in [0.25, 0.3) is 11.1 Å². The summed E-state index contributed by atoms with van der Waals surface area (Å²) in [5, 5.41) is 11.9. The summed E-state index contributed by atoms with van der Waals surface area (Å²) in [6, 6.07) is 8.49. The van der Waals surface area contributed by atoms with Gasteiger partial charge in [0, 0.05) is 15.7 Å². The largest absolute Gasteiger partial charge is 0.506 e. The van der Waals surface area contributed by atoms with Gasteiger partial charge in [-0.3, -0.25) is 19.3 Å². The van der Waals surface area contributed by atoms with Crippen LogP contribution in [0.3, 0.4) is 0 Å². The molecule has 1 fully saturated rings. The molecule has 3 rings (SSSR count). The summed E-state index contributed by atoms with van der Waals surface area (Å²) in [4.78, 5) is 37.6. The van der Waals surface area contributed by atoms with Crippen LogP contribution < -0.4 is 5.32 Å². The molecule has 144 valence electrons. The highest BCUT2D eigenvalue weighted by Crippen LogP contribution is 2.37. The number of phenolic OH excluding ortho intramolecular Hbond substituents is 1. The molecule has 0 radical (unpaired) electrons. The number of rotatable bonds is 4. The van der Waals surface area contributed by atoms with E-state index in [1.54, 1.807) is 12.1 Å². The molecule has 2 aromatic rings. The molecule has 0 spiro atoms. The lowest BCUT2D eigenvalue weighted by atomic mass is 10.2. The Morgan fingerprint density at radius 3 is 2.71 bits per heavy atom. The number of hydrogen-bond acceptors (Lipinski definition) is 5. The van der Waals surface area contributed by atoms with E-state index < -0.39 is 29.4 Å². The van der Waals surface area contributed by atoms with Crippen LogP contribution in [0.5, 0.6) is 5.75 Å². The Kier molecular flexibility index (Phi) is 6.21. The Balaban J connectivity index is 1.76. The number of anilines is 1. The van der Waals surface area contributed by atoms with Gasteiger partial charge in [-0.15, -0.1) is 0 Å². The van der Waals surface area contributed by atoms with Crippen LogP contribution in [0.15, 0.2) is 50.2 Å². The maximum Gasteiger partial charge on any atom is 0.294 e. The van der Waals surface area contributed by atoms with Gasteiger partial charge in [-0.2, -0.15) is 0 Å². The van der Waals surface area contributed by atoms with E-state index in [9.17, 15) is 23.9 Å². The lowest BCUT2D eigenvalue weighted by molar-refractivity contribution is -0.127. The number of nitrogens with zero attached hydrogens (tertiary/aromatic N) is 1. The van der Waals surface area contributed by atoms with Crippen LogP contribution in [0.2, 0.25) is 0 Å². The number of hydrogen-bond donors (Lipinski definition) is 2. The smallest absolute Gasteiger partial charge is 0.294 e. The van der Waals surface area contributed by atoms with Gasteiger partial charge in [-0.25, -0.2) is 4.39 Å². The van der Waals surface area contributed by atoms with Gasteiger partial charge in [0.2, 0.25) is 5.91 Å². The van der Waals surface area contributed by atoms with Crippen LogP contribution in [-0.4, -0.2) is 33.6 Å². The molecular formula is C18H11Br2FN2O4S. The minimum atomic E-state index is -0.653. The molecule has 6 nitrogen and oxygen atoms in total. The second-order valence-electron chi connectivity index (χ2n) is 5.65. The van der Waals surface area contributed by atoms with Crippen molar-refractivity contribution >= 4 is 72.4 Å². The number of benzene rings is 2. The molecule has 3 amide bonds. The highest BCUT2D eigenvalue weighted by molar-refractivity contribution is 9.11. The third-order valence-electron chi connectivity index (χ3n) is 3.63. The number of carbonyl (C=O) groups is 3. The molecule has 0 saturated carbocycles. The molecule has 28 heavy (non-hydrogen) atoms. The fraction of sp³-hybridized carbons (Fsp3) is 0.0556. The first-order valence-electron chi connectivity index (χ1n) is 7.73. The van der Waals surface area contributed by atoms with Gasteiger partial charge in [-0.1, -0.05) is 22.0 Å². The quantitative estimate of drug-likeness (QED) is 0.559. The first-order chi connectivity index (χ1) is 13.2. The van der Waals surface area contributed by atoms with E-state index in [0.717, 1.165) is 11.0 Å². The highest BCUT2D eigenvalue weighted by atomic mass is 79.9. The first-order valence-corrected chi connectivity index (χ1v) is 10.1. The average molecular weight is 530 g/mol. The topological polar surface area (TPSA) is 86.7 Å². The minimum Gasteiger partial charge on any atom is -0.506 e. The number of carbonyl (C=O) groups excluding carboxylic acids is 3. The second-order valence-corrected chi connectivity index (χ2v) is 8.42. The van der Waals surface area contributed by atoms with Crippen LogP contribution in [0, 0.1) is 5.82 Å². The van der Waals surface area contributed by atoms with Crippen molar-refractivity contribution in [1.82, 2.24) is 4.90 Å². The van der Waals surface area contributed by atoms with Gasteiger partial charge >= 0.3 is 0 Å². The molecule has 0 aliphatic carbocycles. The highest BCUT2D eigenvalue weighted by Gasteiger charge is 2.36. The van der Waals surface area contributed by atoms with Gasteiger partial charge in [0.05, 0.1) is 9.38 Å². The molecule has 1 aliphatic heterocycles. The average Bonchev–Trinajstić information content (AvgIpc) is 2.86. The van der Waals surface area contributed by atoms with E-state index in [0.29, 0.717) is 26.3 Å². The second kappa shape index (κ2) is 8.46. The van der Waals surface area contributed by atoms with Crippen molar-refractivity contribution in [3.63, 3.8) is 0 Å². The molecule has 0 bridgehead atoms. The molecule has 2 N–H and O–H groups in total. The van der Waals surface area contributed by atoms with Crippen LogP contribution in [0.1, 0.15) is 5.56 Å². The van der Waals surface area contributed by atoms with Crippen molar-refractivity contribution in [3.05, 3.63) is 61.6 Å². The third-order valence-corrected chi connectivity index (χ3v) is 5.60. The van der Waals surface area contributed by atoms with Gasteiger partial charge in [0.1, 0.15) is 18.1 Å². The van der Waals surface area contributed by atoms with Gasteiger partial charge < -0.3 is 10.4 Å². The Labute approximate surface area is 180 Å². The summed E-state index contributed by atoms with van der Waals surface area (Å²) >= 11 is 7.15. The van der Waals surface area contributed by atoms with Crippen molar-refractivity contribution in [1.29, 1.82) is 0 Å². The summed E-state index contributed by atoms with van der Waals surface area (Å²) in [7, 11) is 0. The zero-order chi connectivity index (χ0) is 20.4. The fourth-order valence-corrected chi connectivity index (χ4v) is 4.47. The Morgan fingerprint density at radius 2 is 2.00 bits per heavy atom. The molecule has 0 aromatic heterocycles. The van der Waals surface area contributed by atoms with Crippen molar-refractivity contribution in [2.24, 2.45) is 0 Å². The molecule has 1 saturated heterocycles. The van der Waals surface area contributed by atoms with E-state index in [4.69, 9.17) is 0 Å². The van der Waals surface area contributed by atoms with Gasteiger partial charge in [-0.05, 0) is 64.1 Å². The van der Waals surface area contributed by atoms with Crippen LogP contribution in [-0.2, 0) is 9.59 Å². The first kappa shape index (κ1) is 20.6. The summed E-state index contributed by atoms with van der Waals surface area (Å²) < 4.78 is 14.3. The third kappa shape index (κ3) is 4.62. The molecular weight excluding hydrogens is 519 g/mol. The zero-order valence-electron chi connectivity index (χ0n) is 13.9. The number of thioether (sulfide) groups is 1. The zero-order valence-corrected chi connectivity index (χ0v) is 17.9. The molecule has 2 aromatic carbocycles. The predicted molar refractivity (Wildman–Crippen MR) is 111 cm³/mol. The number of phenols is 1. The molecule has 1 aliphatic rings. The molecule has 1 heterocycles. The maximum atomic E-state index is 13.2. The number of nitrogens with one attached hydrogen (secondary N) is 1. The Bertz CT molecular complexity index is 1030. The summed E-state index contributed by atoms with van der Waals surface area (Å²) in [6.45, 7) is -0.507. The fourth-order valence-electron chi connectivity index (χ4n) is 2.38. The molecule has 0 unspecified atom stereocenters. The standard InChI is InChI=1S/C18H11Br2FN2O4S/c19-10-4-9(16(25)13(20)6-10)5-14-17(26)23(18(27)28-14)8-15(24)22-12-3-1-2-11(21)7-12/h1-7,25H,8H2,(H,22,24)/b14-5+. The van der Waals surface area contributed by atoms with E-state index in [1.807, 2.05) is 0 Å². The van der Waals surface area contributed by atoms with Crippen LogP contribution >= 0.6 is 43.6 Å². The lowest BCUT2D eigenvalue weighted by Gasteiger charge is -2.12. The minimum absolute atomic E-state index is 0.0730. The number of halogens is 3. The molecule has 0 atom stereocenters. The maximum absolute atomic E-state index is 13.2. The lowest BCUT2D eigenvalue weighted by Crippen LogP contribution is -2.36. The van der Waals surface area contributed by atoms with E-state index in [-0.39, 0.29) is 16.3 Å². The van der Waals surface area contributed by atoms with Gasteiger partial charge in [0.15, 0.2) is 0 Å². The summed E-state index contributed by atoms with van der Waals surface area (Å²) in [6.07, 6.45) is 1.38. The van der Waals surface area contributed by atoms with E-state index in [1.165, 1.54) is 24.3 Å². The SMILES string of the molecule is O=C(CN1C(=O)S/C(=C/c2cc(Br)cc(Br)c2O)C1=O)Nc1cccc(F)c1. The monoisotopic (exact) mass is 528 g/mol.